The van der Waals surface area contributed by atoms with E-state index >= 15 is 0 Å². The molecule has 0 unspecified atom stereocenters. The number of amides is 1. The predicted octanol–water partition coefficient (Wildman–Crippen LogP) is 5.29. The van der Waals surface area contributed by atoms with Crippen molar-refractivity contribution in [3.63, 3.8) is 0 Å². The Balaban J connectivity index is 1.31. The number of rotatable bonds is 9. The maximum atomic E-state index is 13.2. The second kappa shape index (κ2) is 9.93. The normalized spacial score (nSPS) is 19.0. The van der Waals surface area contributed by atoms with Crippen molar-refractivity contribution in [3.8, 4) is 11.4 Å². The van der Waals surface area contributed by atoms with Gasteiger partial charge in [-0.05, 0) is 48.4 Å². The van der Waals surface area contributed by atoms with Gasteiger partial charge in [-0.3, -0.25) is 9.59 Å². The highest BCUT2D eigenvalue weighted by atomic mass is 32.1. The van der Waals surface area contributed by atoms with Crippen molar-refractivity contribution in [3.05, 3.63) is 52.9 Å². The van der Waals surface area contributed by atoms with Crippen LogP contribution in [0.25, 0.3) is 22.2 Å². The minimum atomic E-state index is -1.21. The van der Waals surface area contributed by atoms with Gasteiger partial charge in [0.1, 0.15) is 5.82 Å². The van der Waals surface area contributed by atoms with Crippen LogP contribution in [-0.4, -0.2) is 39.1 Å². The van der Waals surface area contributed by atoms with Gasteiger partial charge in [-0.1, -0.05) is 31.1 Å². The average Bonchev–Trinajstić information content (AvgIpc) is 3.41. The molecule has 3 heterocycles. The van der Waals surface area contributed by atoms with Crippen LogP contribution in [0.1, 0.15) is 43.0 Å². The van der Waals surface area contributed by atoms with E-state index in [0.29, 0.717) is 42.8 Å². The molecule has 0 aliphatic heterocycles. The molecule has 192 valence electrons. The number of fused-ring (bicyclic) bond motifs is 1. The molecule has 10 heteroatoms. The van der Waals surface area contributed by atoms with Crippen LogP contribution < -0.4 is 10.6 Å². The molecule has 4 aromatic rings. The molecule has 1 fully saturated rings. The van der Waals surface area contributed by atoms with E-state index in [9.17, 15) is 9.59 Å². The first-order chi connectivity index (χ1) is 17.8. The lowest BCUT2D eigenvalue weighted by molar-refractivity contribution is -0.165. The highest BCUT2D eigenvalue weighted by molar-refractivity contribution is 7.16. The molecule has 1 aliphatic carbocycles. The Kier molecular flexibility index (Phi) is 6.68. The van der Waals surface area contributed by atoms with Crippen LogP contribution in [0.5, 0.6) is 0 Å². The van der Waals surface area contributed by atoms with Gasteiger partial charge < -0.3 is 19.9 Å². The van der Waals surface area contributed by atoms with Crippen molar-refractivity contribution >= 4 is 45.3 Å². The van der Waals surface area contributed by atoms with E-state index in [1.807, 2.05) is 37.3 Å². The van der Waals surface area contributed by atoms with Gasteiger partial charge in [-0.15, -0.1) is 11.3 Å². The van der Waals surface area contributed by atoms with Gasteiger partial charge in [0.2, 0.25) is 11.7 Å². The molecule has 1 aliphatic rings. The summed E-state index contributed by atoms with van der Waals surface area (Å²) in [5, 5.41) is 13.1. The first kappa shape index (κ1) is 24.9. The van der Waals surface area contributed by atoms with Crippen LogP contribution in [0.2, 0.25) is 0 Å². The first-order valence-corrected chi connectivity index (χ1v) is 13.1. The number of anilines is 2. The summed E-state index contributed by atoms with van der Waals surface area (Å²) < 4.78 is 10.5. The predicted molar refractivity (Wildman–Crippen MR) is 143 cm³/mol. The summed E-state index contributed by atoms with van der Waals surface area (Å²) in [6.07, 6.45) is 3.36. The maximum absolute atomic E-state index is 13.2. The molecule has 0 radical (unpaired) electrons. The minimum Gasteiger partial charge on any atom is -0.451 e. The van der Waals surface area contributed by atoms with E-state index in [4.69, 9.17) is 9.26 Å². The average molecular weight is 520 g/mol. The standard InChI is InChI=1S/C27H29N5O4S/c1-15(2)9-22-16(3)10-23(37-22)31-26(34)27(35-14-33)12-20(13-27)30-25-21-11-19(24-29-17(4)36-32-24)6-5-18(21)7-8-28-25/h5-8,10-11,14-15,20H,9,12-13H2,1-4H3,(H,28,30)(H,31,34). The van der Waals surface area contributed by atoms with Gasteiger partial charge in [-0.25, -0.2) is 4.98 Å². The zero-order chi connectivity index (χ0) is 26.2. The Hall–Kier alpha value is -3.79. The molecule has 0 saturated heterocycles. The van der Waals surface area contributed by atoms with E-state index in [1.54, 1.807) is 24.5 Å². The molecular formula is C27H29N5O4S. The molecule has 1 aromatic carbocycles. The molecule has 0 atom stereocenters. The Labute approximate surface area is 218 Å². The summed E-state index contributed by atoms with van der Waals surface area (Å²) in [5.41, 5.74) is 0.757. The third kappa shape index (κ3) is 5.06. The minimum absolute atomic E-state index is 0.0959. The maximum Gasteiger partial charge on any atom is 0.294 e. The van der Waals surface area contributed by atoms with Crippen LogP contribution in [0.15, 0.2) is 41.1 Å². The number of aryl methyl sites for hydroxylation is 2. The molecular weight excluding hydrogens is 490 g/mol. The first-order valence-electron chi connectivity index (χ1n) is 12.2. The van der Waals surface area contributed by atoms with Gasteiger partial charge in [0.15, 0.2) is 5.60 Å². The van der Waals surface area contributed by atoms with Crippen LogP contribution in [0.3, 0.4) is 0 Å². The summed E-state index contributed by atoms with van der Waals surface area (Å²) >= 11 is 1.57. The second-order valence-electron chi connectivity index (χ2n) is 9.96. The number of nitrogens with zero attached hydrogens (tertiary/aromatic N) is 3. The molecule has 37 heavy (non-hydrogen) atoms. The molecule has 1 saturated carbocycles. The number of carbonyl (C=O) groups is 2. The van der Waals surface area contributed by atoms with Crippen molar-refractivity contribution in [1.29, 1.82) is 0 Å². The SMILES string of the molecule is Cc1nc(-c2ccc3ccnc(NC4CC(OC=O)(C(=O)Nc5cc(C)c(CC(C)C)s5)C4)c3c2)no1. The van der Waals surface area contributed by atoms with Gasteiger partial charge in [0.25, 0.3) is 12.4 Å². The summed E-state index contributed by atoms with van der Waals surface area (Å²) in [7, 11) is 0. The highest BCUT2D eigenvalue weighted by Crippen LogP contribution is 2.40. The number of hydrogen-bond donors (Lipinski definition) is 2. The molecule has 0 spiro atoms. The van der Waals surface area contributed by atoms with Crippen LogP contribution in [-0.2, 0) is 20.7 Å². The smallest absolute Gasteiger partial charge is 0.294 e. The van der Waals surface area contributed by atoms with Crippen molar-refractivity contribution in [2.75, 3.05) is 10.6 Å². The monoisotopic (exact) mass is 519 g/mol. The third-order valence-corrected chi connectivity index (χ3v) is 7.76. The van der Waals surface area contributed by atoms with E-state index < -0.39 is 5.60 Å². The van der Waals surface area contributed by atoms with Crippen LogP contribution in [0.4, 0.5) is 10.8 Å². The number of nitrogens with one attached hydrogen (secondary N) is 2. The Morgan fingerprint density at radius 1 is 1.27 bits per heavy atom. The topological polar surface area (TPSA) is 119 Å². The van der Waals surface area contributed by atoms with E-state index in [2.05, 4.69) is 39.6 Å². The van der Waals surface area contributed by atoms with Crippen molar-refractivity contribution in [1.82, 2.24) is 15.1 Å². The third-order valence-electron chi connectivity index (χ3n) is 6.58. The number of ether oxygens (including phenoxy) is 1. The lowest BCUT2D eigenvalue weighted by Crippen LogP contribution is -2.59. The van der Waals surface area contributed by atoms with Gasteiger partial charge in [0, 0.05) is 47.8 Å². The molecule has 9 nitrogen and oxygen atoms in total. The number of pyridine rings is 1. The van der Waals surface area contributed by atoms with Crippen molar-refractivity contribution < 1.29 is 18.8 Å². The molecule has 0 bridgehead atoms. The highest BCUT2D eigenvalue weighted by Gasteiger charge is 2.53. The number of hydrogen-bond acceptors (Lipinski definition) is 9. The van der Waals surface area contributed by atoms with E-state index in [1.165, 1.54) is 4.88 Å². The largest absolute Gasteiger partial charge is 0.451 e. The summed E-state index contributed by atoms with van der Waals surface area (Å²) in [4.78, 5) is 34.6. The van der Waals surface area contributed by atoms with Gasteiger partial charge >= 0.3 is 0 Å². The molecule has 3 aromatic heterocycles. The fourth-order valence-corrected chi connectivity index (χ4v) is 5.96. The molecule has 5 rings (SSSR count). The van der Waals surface area contributed by atoms with E-state index in [0.717, 1.165) is 33.3 Å². The fourth-order valence-electron chi connectivity index (χ4n) is 4.68. The van der Waals surface area contributed by atoms with Gasteiger partial charge in [-0.2, -0.15) is 4.98 Å². The quantitative estimate of drug-likeness (QED) is 0.287. The van der Waals surface area contributed by atoms with Crippen LogP contribution >= 0.6 is 11.3 Å². The number of carbonyl (C=O) groups excluding carboxylic acids is 2. The lowest BCUT2D eigenvalue weighted by Gasteiger charge is -2.44. The molecule has 2 N–H and O–H groups in total. The van der Waals surface area contributed by atoms with Crippen LogP contribution in [0, 0.1) is 19.8 Å². The van der Waals surface area contributed by atoms with Crippen molar-refractivity contribution in [2.24, 2.45) is 5.92 Å². The fraction of sp³-hybridized carbons (Fsp3) is 0.370. The Morgan fingerprint density at radius 2 is 2.08 bits per heavy atom. The van der Waals surface area contributed by atoms with Gasteiger partial charge in [0.05, 0.1) is 5.00 Å². The van der Waals surface area contributed by atoms with E-state index in [-0.39, 0.29) is 11.9 Å². The number of aromatic nitrogens is 3. The second-order valence-corrected chi connectivity index (χ2v) is 11.1. The zero-order valence-electron chi connectivity index (χ0n) is 21.2. The number of benzene rings is 1. The van der Waals surface area contributed by atoms with Crippen molar-refractivity contribution in [2.45, 2.75) is 58.6 Å². The Morgan fingerprint density at radius 3 is 2.78 bits per heavy atom. The summed E-state index contributed by atoms with van der Waals surface area (Å²) in [5.74, 6) is 1.90. The summed E-state index contributed by atoms with van der Waals surface area (Å²) in [6, 6.07) is 9.69. The lowest BCUT2D eigenvalue weighted by atomic mass is 9.74. The molecule has 1 amide bonds. The zero-order valence-corrected chi connectivity index (χ0v) is 22.0. The summed E-state index contributed by atoms with van der Waals surface area (Å²) in [6.45, 7) is 8.49. The number of thiophene rings is 1. The Bertz CT molecular complexity index is 1450.